The largest absolute Gasteiger partial charge is 0.451 e. The molecule has 94 valence electrons. The van der Waals surface area contributed by atoms with Gasteiger partial charge in [0.1, 0.15) is 5.58 Å². The average molecular weight is 262 g/mol. The molecule has 1 amide bonds. The summed E-state index contributed by atoms with van der Waals surface area (Å²) in [6.07, 6.45) is 0.512. The van der Waals surface area contributed by atoms with Crippen LogP contribution in [0.25, 0.3) is 11.0 Å². The Morgan fingerprint density at radius 1 is 1.44 bits per heavy atom. The molecule has 1 heterocycles. The Morgan fingerprint density at radius 2 is 2.17 bits per heavy atom. The van der Waals surface area contributed by atoms with E-state index in [1.54, 1.807) is 18.0 Å². The summed E-state index contributed by atoms with van der Waals surface area (Å²) in [4.78, 5) is 14.0. The van der Waals surface area contributed by atoms with Gasteiger partial charge in [0.15, 0.2) is 5.76 Å². The Kier molecular flexibility index (Phi) is 3.62. The zero-order chi connectivity index (χ0) is 13.1. The van der Waals surface area contributed by atoms with E-state index in [1.165, 1.54) is 0 Å². The SMILES string of the molecule is CN(CCC(N)=S)C(=O)c1cc2ccccc2o1. The van der Waals surface area contributed by atoms with E-state index < -0.39 is 0 Å². The lowest BCUT2D eigenvalue weighted by atomic mass is 10.2. The van der Waals surface area contributed by atoms with E-state index in [0.29, 0.717) is 29.3 Å². The minimum Gasteiger partial charge on any atom is -0.451 e. The Bertz CT molecular complexity index is 558. The summed E-state index contributed by atoms with van der Waals surface area (Å²) >= 11 is 4.79. The Hall–Kier alpha value is -1.88. The van der Waals surface area contributed by atoms with E-state index in [0.717, 1.165) is 5.39 Å². The molecule has 0 radical (unpaired) electrons. The molecule has 0 unspecified atom stereocenters. The van der Waals surface area contributed by atoms with Gasteiger partial charge in [-0.3, -0.25) is 4.79 Å². The highest BCUT2D eigenvalue weighted by atomic mass is 32.1. The molecule has 0 saturated heterocycles. The van der Waals surface area contributed by atoms with Gasteiger partial charge in [-0.25, -0.2) is 0 Å². The van der Waals surface area contributed by atoms with Crippen LogP contribution in [0, 0.1) is 0 Å². The normalized spacial score (nSPS) is 10.5. The highest BCUT2D eigenvalue weighted by Crippen LogP contribution is 2.19. The first-order valence-electron chi connectivity index (χ1n) is 5.60. The van der Waals surface area contributed by atoms with Crippen LogP contribution in [0.4, 0.5) is 0 Å². The number of rotatable bonds is 4. The zero-order valence-corrected chi connectivity index (χ0v) is 10.9. The molecule has 2 N–H and O–H groups in total. The van der Waals surface area contributed by atoms with Gasteiger partial charge in [0.25, 0.3) is 5.91 Å². The zero-order valence-electron chi connectivity index (χ0n) is 10.1. The van der Waals surface area contributed by atoms with Gasteiger partial charge in [-0.05, 0) is 12.1 Å². The number of hydrogen-bond donors (Lipinski definition) is 1. The van der Waals surface area contributed by atoms with Crippen molar-refractivity contribution in [2.24, 2.45) is 5.73 Å². The number of thiocarbonyl (C=S) groups is 1. The lowest BCUT2D eigenvalue weighted by Gasteiger charge is -2.14. The first-order chi connectivity index (χ1) is 8.58. The van der Waals surface area contributed by atoms with Crippen molar-refractivity contribution >= 4 is 34.1 Å². The van der Waals surface area contributed by atoms with Crippen LogP contribution in [0.3, 0.4) is 0 Å². The fraction of sp³-hybridized carbons (Fsp3) is 0.231. The molecule has 0 aliphatic rings. The second kappa shape index (κ2) is 5.18. The summed E-state index contributed by atoms with van der Waals surface area (Å²) in [6, 6.07) is 9.26. The lowest BCUT2D eigenvalue weighted by Crippen LogP contribution is -2.29. The van der Waals surface area contributed by atoms with Gasteiger partial charge in [0, 0.05) is 25.4 Å². The molecule has 4 nitrogen and oxygen atoms in total. The number of hydrogen-bond acceptors (Lipinski definition) is 3. The first kappa shape index (κ1) is 12.6. The molecule has 1 aromatic heterocycles. The molecule has 0 aliphatic carbocycles. The number of fused-ring (bicyclic) bond motifs is 1. The Balaban J connectivity index is 2.15. The highest BCUT2D eigenvalue weighted by Gasteiger charge is 2.16. The topological polar surface area (TPSA) is 59.5 Å². The van der Waals surface area contributed by atoms with Crippen molar-refractivity contribution in [1.29, 1.82) is 0 Å². The smallest absolute Gasteiger partial charge is 0.289 e. The number of carbonyl (C=O) groups excluding carboxylic acids is 1. The summed E-state index contributed by atoms with van der Waals surface area (Å²) in [5.74, 6) is 0.170. The number of benzene rings is 1. The van der Waals surface area contributed by atoms with Crippen molar-refractivity contribution in [2.45, 2.75) is 6.42 Å². The standard InChI is InChI=1S/C13H14N2O2S/c1-15(7-6-12(14)18)13(16)11-8-9-4-2-3-5-10(9)17-11/h2-5,8H,6-7H2,1H3,(H2,14,18). The van der Waals surface area contributed by atoms with Crippen molar-refractivity contribution in [1.82, 2.24) is 4.90 Å². The van der Waals surface area contributed by atoms with E-state index in [2.05, 4.69) is 0 Å². The van der Waals surface area contributed by atoms with E-state index in [4.69, 9.17) is 22.4 Å². The predicted octanol–water partition coefficient (Wildman–Crippen LogP) is 2.18. The number of amides is 1. The van der Waals surface area contributed by atoms with Crippen molar-refractivity contribution in [3.63, 3.8) is 0 Å². The molecule has 2 aromatic rings. The molecule has 2 rings (SSSR count). The maximum absolute atomic E-state index is 12.1. The molecule has 18 heavy (non-hydrogen) atoms. The second-order valence-corrected chi connectivity index (χ2v) is 4.62. The van der Waals surface area contributed by atoms with Crippen molar-refractivity contribution < 1.29 is 9.21 Å². The van der Waals surface area contributed by atoms with Gasteiger partial charge in [0.2, 0.25) is 0 Å². The quantitative estimate of drug-likeness (QED) is 0.858. The summed E-state index contributed by atoms with van der Waals surface area (Å²) in [5.41, 5.74) is 6.12. The van der Waals surface area contributed by atoms with Crippen molar-refractivity contribution in [3.05, 3.63) is 36.1 Å². The molecule has 0 fully saturated rings. The number of nitrogens with zero attached hydrogens (tertiary/aromatic N) is 1. The Morgan fingerprint density at radius 3 is 2.83 bits per heavy atom. The van der Waals surface area contributed by atoms with Crippen LogP contribution >= 0.6 is 12.2 Å². The minimum absolute atomic E-state index is 0.164. The summed E-state index contributed by atoms with van der Waals surface area (Å²) in [5, 5.41) is 0.920. The van der Waals surface area contributed by atoms with E-state index in [1.807, 2.05) is 24.3 Å². The van der Waals surface area contributed by atoms with Gasteiger partial charge in [-0.2, -0.15) is 0 Å². The van der Waals surface area contributed by atoms with Crippen LogP contribution in [0.1, 0.15) is 17.0 Å². The molecule has 0 spiro atoms. The van der Waals surface area contributed by atoms with E-state index in [9.17, 15) is 4.79 Å². The molecule has 1 aromatic carbocycles. The van der Waals surface area contributed by atoms with Gasteiger partial charge in [0.05, 0.1) is 4.99 Å². The molecule has 0 atom stereocenters. The van der Waals surface area contributed by atoms with E-state index >= 15 is 0 Å². The third-order valence-corrected chi connectivity index (χ3v) is 2.88. The second-order valence-electron chi connectivity index (χ2n) is 4.09. The Labute approximate surface area is 110 Å². The van der Waals surface area contributed by atoms with Crippen LogP contribution < -0.4 is 5.73 Å². The predicted molar refractivity (Wildman–Crippen MR) is 74.6 cm³/mol. The van der Waals surface area contributed by atoms with Gasteiger partial charge >= 0.3 is 0 Å². The molecule has 5 heteroatoms. The van der Waals surface area contributed by atoms with Crippen LogP contribution in [0.15, 0.2) is 34.7 Å². The maximum atomic E-state index is 12.1. The molecule has 0 aliphatic heterocycles. The van der Waals surface area contributed by atoms with Crippen molar-refractivity contribution in [2.75, 3.05) is 13.6 Å². The molecule has 0 saturated carbocycles. The fourth-order valence-corrected chi connectivity index (χ4v) is 1.75. The number of para-hydroxylation sites is 1. The summed E-state index contributed by atoms with van der Waals surface area (Å²) in [7, 11) is 1.70. The van der Waals surface area contributed by atoms with Crippen LogP contribution in [0.2, 0.25) is 0 Å². The minimum atomic E-state index is -0.164. The third-order valence-electron chi connectivity index (χ3n) is 2.68. The summed E-state index contributed by atoms with van der Waals surface area (Å²) < 4.78 is 5.50. The number of carbonyl (C=O) groups is 1. The number of furan rings is 1. The maximum Gasteiger partial charge on any atom is 0.289 e. The fourth-order valence-electron chi connectivity index (χ4n) is 1.65. The molecule has 0 bridgehead atoms. The van der Waals surface area contributed by atoms with Crippen molar-refractivity contribution in [3.8, 4) is 0 Å². The number of nitrogens with two attached hydrogens (primary N) is 1. The van der Waals surface area contributed by atoms with Gasteiger partial charge in [-0.15, -0.1) is 0 Å². The molecular formula is C13H14N2O2S. The van der Waals surface area contributed by atoms with Crippen LogP contribution in [-0.2, 0) is 0 Å². The first-order valence-corrected chi connectivity index (χ1v) is 6.01. The summed E-state index contributed by atoms with van der Waals surface area (Å²) in [6.45, 7) is 0.491. The molecular weight excluding hydrogens is 248 g/mol. The van der Waals surface area contributed by atoms with Crippen LogP contribution in [0.5, 0.6) is 0 Å². The monoisotopic (exact) mass is 262 g/mol. The highest BCUT2D eigenvalue weighted by molar-refractivity contribution is 7.80. The van der Waals surface area contributed by atoms with Gasteiger partial charge in [-0.1, -0.05) is 30.4 Å². The van der Waals surface area contributed by atoms with Crippen LogP contribution in [-0.4, -0.2) is 29.4 Å². The average Bonchev–Trinajstić information content (AvgIpc) is 2.78. The third kappa shape index (κ3) is 2.68. The lowest BCUT2D eigenvalue weighted by molar-refractivity contribution is 0.0770. The van der Waals surface area contributed by atoms with Gasteiger partial charge < -0.3 is 15.1 Å². The van der Waals surface area contributed by atoms with E-state index in [-0.39, 0.29) is 5.91 Å².